The number of Topliss-reactive ketones (excluding diaryl/α,β-unsaturated/α-hetero) is 1. The molecule has 3 aliphatic rings. The van der Waals surface area contributed by atoms with Crippen LogP contribution in [0.5, 0.6) is 0 Å². The maximum atomic E-state index is 13.5. The number of esters is 1. The summed E-state index contributed by atoms with van der Waals surface area (Å²) < 4.78 is 5.66. The predicted octanol–water partition coefficient (Wildman–Crippen LogP) is 6.92. The van der Waals surface area contributed by atoms with Gasteiger partial charge in [-0.05, 0) is 56.4 Å². The summed E-state index contributed by atoms with van der Waals surface area (Å²) in [6.07, 6.45) is -0.104. The summed E-state index contributed by atoms with van der Waals surface area (Å²) in [5.74, 6) is -1.47. The molecule has 2 aliphatic carbocycles. The number of hydrogen-bond acceptors (Lipinski definition) is 6. The molecule has 9 heteroatoms. The van der Waals surface area contributed by atoms with E-state index in [-0.39, 0.29) is 50.9 Å². The van der Waals surface area contributed by atoms with Gasteiger partial charge < -0.3 is 4.74 Å². The summed E-state index contributed by atoms with van der Waals surface area (Å²) in [6.45, 7) is 3.51. The third-order valence-corrected chi connectivity index (χ3v) is 12.5. The second-order valence-electron chi connectivity index (χ2n) is 11.9. The Bertz CT molecular complexity index is 1810. The molecule has 7 atom stereocenters. The molecular weight excluding hydrogens is 688 g/mol. The summed E-state index contributed by atoms with van der Waals surface area (Å²) in [7, 11) is 0. The van der Waals surface area contributed by atoms with Gasteiger partial charge in [-0.25, -0.2) is 9.78 Å². The SMILES string of the molecule is Cc1ccc(C(=O)C(C)OC(=O)c2cc(-c3ccc(N4C(=O)C5C6CC(C(Br)C6Br)C5C4=O)cc3)nc3ccccc23)cc1. The number of carbonyl (C=O) groups is 4. The van der Waals surface area contributed by atoms with E-state index >= 15 is 0 Å². The topological polar surface area (TPSA) is 93.6 Å². The quantitative estimate of drug-likeness (QED) is 0.0932. The van der Waals surface area contributed by atoms with Crippen molar-refractivity contribution >= 4 is 72.0 Å². The van der Waals surface area contributed by atoms with Crippen molar-refractivity contribution in [1.29, 1.82) is 0 Å². The number of rotatable bonds is 6. The molecule has 1 saturated heterocycles. The second kappa shape index (κ2) is 11.0. The highest BCUT2D eigenvalue weighted by Gasteiger charge is 2.66. The van der Waals surface area contributed by atoms with Gasteiger partial charge in [0.05, 0.1) is 34.3 Å². The first-order valence-electron chi connectivity index (χ1n) is 14.6. The fourth-order valence-corrected chi connectivity index (χ4v) is 8.98. The van der Waals surface area contributed by atoms with E-state index in [1.165, 1.54) is 4.90 Å². The van der Waals surface area contributed by atoms with Gasteiger partial charge in [0.1, 0.15) is 0 Å². The van der Waals surface area contributed by atoms with E-state index in [0.29, 0.717) is 39.0 Å². The minimum atomic E-state index is -0.982. The van der Waals surface area contributed by atoms with Gasteiger partial charge in [0.2, 0.25) is 17.6 Å². The number of alkyl halides is 2. The summed E-state index contributed by atoms with van der Waals surface area (Å²) in [4.78, 5) is 59.8. The number of aromatic nitrogens is 1. The lowest BCUT2D eigenvalue weighted by molar-refractivity contribution is -0.123. The number of halogens is 2. The van der Waals surface area contributed by atoms with E-state index in [0.717, 1.165) is 12.0 Å². The maximum Gasteiger partial charge on any atom is 0.339 e. The molecule has 0 radical (unpaired) electrons. The predicted molar refractivity (Wildman–Crippen MR) is 174 cm³/mol. The van der Waals surface area contributed by atoms with Crippen LogP contribution in [0.2, 0.25) is 0 Å². The normalized spacial score (nSPS) is 26.2. The van der Waals surface area contributed by atoms with Crippen LogP contribution < -0.4 is 4.90 Å². The molecule has 7 rings (SSSR count). The Labute approximate surface area is 271 Å². The van der Waals surface area contributed by atoms with E-state index in [1.54, 1.807) is 55.5 Å². The Hall–Kier alpha value is -3.69. The van der Waals surface area contributed by atoms with E-state index in [4.69, 9.17) is 9.72 Å². The molecule has 3 aromatic carbocycles. The lowest BCUT2D eigenvalue weighted by Crippen LogP contribution is -2.37. The average Bonchev–Trinajstić information content (AvgIpc) is 3.65. The zero-order valence-corrected chi connectivity index (χ0v) is 27.1. The molecule has 222 valence electrons. The number of amides is 2. The van der Waals surface area contributed by atoms with E-state index in [2.05, 4.69) is 31.9 Å². The van der Waals surface area contributed by atoms with Gasteiger partial charge in [0, 0.05) is 26.2 Å². The highest BCUT2D eigenvalue weighted by molar-refractivity contribution is 9.12. The van der Waals surface area contributed by atoms with Crippen LogP contribution in [0.1, 0.15) is 39.6 Å². The fraction of sp³-hybridized carbons (Fsp3) is 0.286. The smallest absolute Gasteiger partial charge is 0.339 e. The van der Waals surface area contributed by atoms with Crippen LogP contribution in [0, 0.1) is 30.6 Å². The Morgan fingerprint density at radius 2 is 1.50 bits per heavy atom. The van der Waals surface area contributed by atoms with Gasteiger partial charge in [-0.15, -0.1) is 0 Å². The van der Waals surface area contributed by atoms with Crippen LogP contribution >= 0.6 is 31.9 Å². The number of nitrogens with zero attached hydrogens (tertiary/aromatic N) is 2. The van der Waals surface area contributed by atoms with Gasteiger partial charge in [-0.3, -0.25) is 19.3 Å². The molecule has 3 fully saturated rings. The van der Waals surface area contributed by atoms with Crippen LogP contribution in [0.25, 0.3) is 22.2 Å². The molecule has 0 spiro atoms. The molecule has 2 saturated carbocycles. The van der Waals surface area contributed by atoms with Gasteiger partial charge in [0.15, 0.2) is 6.10 Å². The van der Waals surface area contributed by atoms with Crippen molar-refractivity contribution in [2.45, 2.75) is 36.0 Å². The molecule has 1 aliphatic heterocycles. The van der Waals surface area contributed by atoms with Crippen LogP contribution in [0.3, 0.4) is 0 Å². The molecule has 7 unspecified atom stereocenters. The van der Waals surface area contributed by atoms with E-state index < -0.39 is 12.1 Å². The van der Waals surface area contributed by atoms with E-state index in [1.807, 2.05) is 37.3 Å². The van der Waals surface area contributed by atoms with Crippen molar-refractivity contribution in [2.75, 3.05) is 4.90 Å². The number of ether oxygens (including phenoxy) is 1. The van der Waals surface area contributed by atoms with Gasteiger partial charge in [-0.2, -0.15) is 0 Å². The Balaban J connectivity index is 1.16. The summed E-state index contributed by atoms with van der Waals surface area (Å²) in [5.41, 5.74) is 4.15. The van der Waals surface area contributed by atoms with Crippen molar-refractivity contribution in [1.82, 2.24) is 4.98 Å². The molecular formula is C35H28Br2N2O5. The lowest BCUT2D eigenvalue weighted by atomic mass is 9.81. The molecule has 2 bridgehead atoms. The molecule has 4 aromatic rings. The zero-order chi connectivity index (χ0) is 30.9. The number of hydrogen-bond donors (Lipinski definition) is 0. The van der Waals surface area contributed by atoms with Crippen LogP contribution in [-0.2, 0) is 14.3 Å². The monoisotopic (exact) mass is 714 g/mol. The number of fused-ring (bicyclic) bond motifs is 6. The number of aryl methyl sites for hydroxylation is 1. The van der Waals surface area contributed by atoms with Gasteiger partial charge in [-0.1, -0.05) is 92.0 Å². The number of benzene rings is 3. The summed E-state index contributed by atoms with van der Waals surface area (Å²) >= 11 is 7.47. The number of ketones is 1. The number of pyridine rings is 1. The maximum absolute atomic E-state index is 13.5. The van der Waals surface area contributed by atoms with Crippen LogP contribution in [0.15, 0.2) is 78.9 Å². The molecule has 2 heterocycles. The third-order valence-electron chi connectivity index (χ3n) is 9.33. The summed E-state index contributed by atoms with van der Waals surface area (Å²) in [6, 6.07) is 23.2. The molecule has 0 N–H and O–H groups in total. The number of imide groups is 1. The zero-order valence-electron chi connectivity index (χ0n) is 23.9. The Morgan fingerprint density at radius 1 is 0.886 bits per heavy atom. The Morgan fingerprint density at radius 3 is 2.14 bits per heavy atom. The fourth-order valence-electron chi connectivity index (χ4n) is 7.11. The van der Waals surface area contributed by atoms with Crippen molar-refractivity contribution in [2.24, 2.45) is 23.7 Å². The first kappa shape index (κ1) is 29.0. The van der Waals surface area contributed by atoms with Gasteiger partial charge in [0.25, 0.3) is 0 Å². The minimum Gasteiger partial charge on any atom is -0.451 e. The third kappa shape index (κ3) is 4.63. The number of para-hydroxylation sites is 1. The second-order valence-corrected chi connectivity index (χ2v) is 14.0. The van der Waals surface area contributed by atoms with E-state index in [9.17, 15) is 19.2 Å². The molecule has 7 nitrogen and oxygen atoms in total. The largest absolute Gasteiger partial charge is 0.451 e. The van der Waals surface area contributed by atoms with Gasteiger partial charge >= 0.3 is 5.97 Å². The van der Waals surface area contributed by atoms with Crippen molar-refractivity contribution < 1.29 is 23.9 Å². The first-order valence-corrected chi connectivity index (χ1v) is 16.4. The average molecular weight is 716 g/mol. The number of anilines is 1. The summed E-state index contributed by atoms with van der Waals surface area (Å²) in [5, 5.41) is 0.609. The minimum absolute atomic E-state index is 0.132. The molecule has 44 heavy (non-hydrogen) atoms. The number of carbonyl (C=O) groups excluding carboxylic acids is 4. The highest BCUT2D eigenvalue weighted by Crippen LogP contribution is 2.60. The first-order chi connectivity index (χ1) is 21.1. The van der Waals surface area contributed by atoms with Crippen molar-refractivity contribution in [3.8, 4) is 11.3 Å². The lowest BCUT2D eigenvalue weighted by Gasteiger charge is -2.28. The highest BCUT2D eigenvalue weighted by atomic mass is 79.9. The molecule has 1 aromatic heterocycles. The Kier molecular flexibility index (Phi) is 7.28. The van der Waals surface area contributed by atoms with Crippen LogP contribution in [-0.4, -0.2) is 44.3 Å². The standard InChI is InChI=1S/C35H28Br2N2O5/c1-17-7-9-20(10-8-17)32(40)18(2)44-35(43)23-16-27(38-26-6-4-3-5-22(23)26)19-11-13-21(14-12-19)39-33(41)28-24-15-25(29(28)34(39)42)31(37)30(24)36/h3-14,16,18,24-25,28-31H,15H2,1-2H3. The van der Waals surface area contributed by atoms with Crippen LogP contribution in [0.4, 0.5) is 5.69 Å². The van der Waals surface area contributed by atoms with Crippen molar-refractivity contribution in [3.63, 3.8) is 0 Å². The van der Waals surface area contributed by atoms with Crippen molar-refractivity contribution in [3.05, 3.63) is 95.6 Å². The molecule has 2 amide bonds.